The number of aliphatic carboxylic acids is 1. The van der Waals surface area contributed by atoms with Crippen molar-refractivity contribution in [3.8, 4) is 0 Å². The number of hydrogen-bond acceptors (Lipinski definition) is 3. The molecule has 0 fully saturated rings. The van der Waals surface area contributed by atoms with Crippen LogP contribution in [0.5, 0.6) is 0 Å². The predicted molar refractivity (Wildman–Crippen MR) is 87.8 cm³/mol. The summed E-state index contributed by atoms with van der Waals surface area (Å²) in [5, 5.41) is 10.4. The van der Waals surface area contributed by atoms with Crippen LogP contribution in [-0.4, -0.2) is 12.0 Å². The molecule has 0 aliphatic heterocycles. The number of unbranched alkanes of at least 4 members (excludes halogenated alkanes) is 10. The zero-order valence-electron chi connectivity index (χ0n) is 14.8. The van der Waals surface area contributed by atoms with E-state index in [0.717, 1.165) is 25.7 Å². The Morgan fingerprint density at radius 3 is 1.86 bits per heavy atom. The van der Waals surface area contributed by atoms with Crippen LogP contribution in [0.4, 0.5) is 0 Å². The number of carboxylic acid groups (broad SMARTS) is 1. The minimum Gasteiger partial charge on any atom is -0.548 e. The van der Waals surface area contributed by atoms with Crippen LogP contribution in [0.2, 0.25) is 0 Å². The number of rotatable bonds is 15. The van der Waals surface area contributed by atoms with Gasteiger partial charge in [-0.15, -0.1) is 0 Å². The van der Waals surface area contributed by atoms with Crippen molar-refractivity contribution in [2.45, 2.75) is 96.4 Å². The van der Waals surface area contributed by atoms with Gasteiger partial charge >= 0.3 is 29.6 Å². The zero-order valence-corrected chi connectivity index (χ0v) is 16.8. The van der Waals surface area contributed by atoms with Gasteiger partial charge in [0.05, 0.1) is 5.97 Å². The Bertz CT molecular complexity index is 270. The molecule has 0 rings (SSSR count). The molecule has 0 amide bonds. The number of carbonyl (C=O) groups excluding carboxylic acids is 1. The summed E-state index contributed by atoms with van der Waals surface area (Å²) >= 11 is 0. The minimum absolute atomic E-state index is 0. The fourth-order valence-corrected chi connectivity index (χ4v) is 2.38. The van der Waals surface area contributed by atoms with E-state index in [1.54, 1.807) is 0 Å². The molecule has 0 aromatic carbocycles. The van der Waals surface area contributed by atoms with E-state index in [1.165, 1.54) is 51.4 Å². The van der Waals surface area contributed by atoms with Gasteiger partial charge in [0.1, 0.15) is 0 Å². The molecule has 0 aliphatic carbocycles. The first-order valence-electron chi connectivity index (χ1n) is 8.80. The van der Waals surface area contributed by atoms with Gasteiger partial charge in [-0.1, -0.05) is 70.4 Å². The summed E-state index contributed by atoms with van der Waals surface area (Å²) < 4.78 is 0. The monoisotopic (exact) mass is 319 g/mol. The maximum absolute atomic E-state index is 10.4. The first kappa shape index (κ1) is 24.4. The summed E-state index contributed by atoms with van der Waals surface area (Å²) in [6.07, 6.45) is 19.9. The van der Waals surface area contributed by atoms with Gasteiger partial charge in [-0.3, -0.25) is 0 Å². The molecule has 0 saturated heterocycles. The van der Waals surface area contributed by atoms with Crippen molar-refractivity contribution in [2.24, 2.45) is 5.73 Å². The molecule has 4 heteroatoms. The summed E-state index contributed by atoms with van der Waals surface area (Å²) in [5.74, 6) is -1.13. The van der Waals surface area contributed by atoms with Crippen molar-refractivity contribution >= 4 is 5.97 Å². The van der Waals surface area contributed by atoms with Crippen molar-refractivity contribution in [2.75, 3.05) is 0 Å². The standard InChI is InChI=1S/C18H35NO2.Na/c1-2-3-4-5-6-7-8-9-10-11-12-13-14-15-16-17(19)18(20)21;/h9-10,17H,2-8,11-16,19H2,1H3,(H,20,21);/q;+1/p-1/b10-9-;. The molecule has 0 radical (unpaired) electrons. The molecular formula is C18H34NNaO2. The van der Waals surface area contributed by atoms with Crippen LogP contribution in [-0.2, 0) is 4.79 Å². The Kier molecular flexibility index (Phi) is 21.3. The van der Waals surface area contributed by atoms with Gasteiger partial charge in [-0.25, -0.2) is 0 Å². The molecule has 0 saturated carbocycles. The van der Waals surface area contributed by atoms with Crippen LogP contribution in [0.25, 0.3) is 0 Å². The second-order valence-electron chi connectivity index (χ2n) is 5.94. The van der Waals surface area contributed by atoms with Gasteiger partial charge in [0.15, 0.2) is 0 Å². The molecule has 0 heterocycles. The molecule has 124 valence electrons. The molecule has 22 heavy (non-hydrogen) atoms. The molecule has 0 spiro atoms. The van der Waals surface area contributed by atoms with Crippen LogP contribution in [0.15, 0.2) is 12.2 Å². The van der Waals surface area contributed by atoms with Crippen molar-refractivity contribution in [1.29, 1.82) is 0 Å². The number of allylic oxidation sites excluding steroid dienone is 2. The van der Waals surface area contributed by atoms with E-state index in [1.807, 2.05) is 0 Å². The average molecular weight is 319 g/mol. The predicted octanol–water partition coefficient (Wildman–Crippen LogP) is 0.715. The van der Waals surface area contributed by atoms with Crippen molar-refractivity contribution in [3.63, 3.8) is 0 Å². The van der Waals surface area contributed by atoms with Gasteiger partial charge in [-0.05, 0) is 32.1 Å². The second-order valence-corrected chi connectivity index (χ2v) is 5.94. The fourth-order valence-electron chi connectivity index (χ4n) is 2.38. The summed E-state index contributed by atoms with van der Waals surface area (Å²) in [5.41, 5.74) is 5.39. The largest absolute Gasteiger partial charge is 1.00 e. The Morgan fingerprint density at radius 2 is 1.36 bits per heavy atom. The van der Waals surface area contributed by atoms with E-state index >= 15 is 0 Å². The first-order valence-corrected chi connectivity index (χ1v) is 8.80. The smallest absolute Gasteiger partial charge is 0.548 e. The molecule has 0 aromatic heterocycles. The van der Waals surface area contributed by atoms with Crippen molar-refractivity contribution in [1.82, 2.24) is 0 Å². The van der Waals surface area contributed by atoms with E-state index in [0.29, 0.717) is 6.42 Å². The average Bonchev–Trinajstić information content (AvgIpc) is 2.47. The topological polar surface area (TPSA) is 66.2 Å². The van der Waals surface area contributed by atoms with Crippen LogP contribution in [0, 0.1) is 0 Å². The Labute approximate surface area is 159 Å². The molecule has 0 aliphatic rings. The number of carbonyl (C=O) groups is 1. The maximum atomic E-state index is 10.4. The van der Waals surface area contributed by atoms with Gasteiger partial charge in [-0.2, -0.15) is 0 Å². The number of hydrogen-bond donors (Lipinski definition) is 1. The molecular weight excluding hydrogens is 285 g/mol. The quantitative estimate of drug-likeness (QED) is 0.275. The minimum atomic E-state index is -1.13. The zero-order chi connectivity index (χ0) is 15.8. The molecule has 2 N–H and O–H groups in total. The molecule has 1 unspecified atom stereocenters. The number of nitrogens with two attached hydrogens (primary N) is 1. The van der Waals surface area contributed by atoms with Gasteiger partial charge < -0.3 is 15.6 Å². The van der Waals surface area contributed by atoms with Gasteiger partial charge in [0, 0.05) is 6.04 Å². The van der Waals surface area contributed by atoms with Gasteiger partial charge in [0.2, 0.25) is 0 Å². The van der Waals surface area contributed by atoms with Crippen LogP contribution < -0.4 is 40.4 Å². The van der Waals surface area contributed by atoms with Crippen molar-refractivity contribution in [3.05, 3.63) is 12.2 Å². The fraction of sp³-hybridized carbons (Fsp3) is 0.833. The van der Waals surface area contributed by atoms with Gasteiger partial charge in [0.25, 0.3) is 0 Å². The SMILES string of the molecule is CCCCCCCC/C=C\CCCCCCC(N)C(=O)[O-].[Na+]. The first-order chi connectivity index (χ1) is 10.2. The van der Waals surface area contributed by atoms with E-state index < -0.39 is 12.0 Å². The third-order valence-electron chi connectivity index (χ3n) is 3.83. The Balaban J connectivity index is 0. The summed E-state index contributed by atoms with van der Waals surface area (Å²) in [6, 6.07) is -0.790. The maximum Gasteiger partial charge on any atom is 1.00 e. The van der Waals surface area contributed by atoms with E-state index in [9.17, 15) is 9.90 Å². The summed E-state index contributed by atoms with van der Waals surface area (Å²) in [4.78, 5) is 10.4. The molecule has 3 nitrogen and oxygen atoms in total. The summed E-state index contributed by atoms with van der Waals surface area (Å²) in [6.45, 7) is 2.25. The van der Waals surface area contributed by atoms with Crippen LogP contribution in [0.1, 0.15) is 90.4 Å². The van der Waals surface area contributed by atoms with Crippen LogP contribution in [0.3, 0.4) is 0 Å². The van der Waals surface area contributed by atoms with E-state index in [2.05, 4.69) is 19.1 Å². The second kappa shape index (κ2) is 19.2. The van der Waals surface area contributed by atoms with E-state index in [-0.39, 0.29) is 29.6 Å². The Hall–Kier alpha value is 0.170. The molecule has 1 atom stereocenters. The normalized spacial score (nSPS) is 12.3. The molecule has 0 bridgehead atoms. The van der Waals surface area contributed by atoms with Crippen molar-refractivity contribution < 1.29 is 39.5 Å². The van der Waals surface area contributed by atoms with Crippen LogP contribution >= 0.6 is 0 Å². The molecule has 0 aromatic rings. The summed E-state index contributed by atoms with van der Waals surface area (Å²) in [7, 11) is 0. The third kappa shape index (κ3) is 18.2. The number of carboxylic acids is 1. The van der Waals surface area contributed by atoms with E-state index in [4.69, 9.17) is 5.73 Å². The third-order valence-corrected chi connectivity index (χ3v) is 3.83. The Morgan fingerprint density at radius 1 is 0.909 bits per heavy atom.